The van der Waals surface area contributed by atoms with Gasteiger partial charge in [0, 0.05) is 51.6 Å². The van der Waals surface area contributed by atoms with Crippen LogP contribution in [0.2, 0.25) is 0 Å². The number of hydrogen-bond donors (Lipinski definition) is 0. The summed E-state index contributed by atoms with van der Waals surface area (Å²) in [6.07, 6.45) is 1.95. The van der Waals surface area contributed by atoms with Crippen molar-refractivity contribution in [3.8, 4) is 0 Å². The first-order chi connectivity index (χ1) is 15.1. The van der Waals surface area contributed by atoms with Gasteiger partial charge in [-0.25, -0.2) is 9.98 Å². The zero-order chi connectivity index (χ0) is 21.6. The number of aromatic nitrogens is 2. The highest BCUT2D eigenvalue weighted by Crippen LogP contribution is 2.16. The number of ether oxygens (including phenoxy) is 1. The summed E-state index contributed by atoms with van der Waals surface area (Å²) < 4.78 is 8.16. The lowest BCUT2D eigenvalue weighted by atomic mass is 10.2. The van der Waals surface area contributed by atoms with E-state index in [0.29, 0.717) is 12.5 Å². The van der Waals surface area contributed by atoms with Crippen molar-refractivity contribution in [2.75, 3.05) is 33.3 Å². The molecular weight excluding hydrogens is 478 g/mol. The maximum atomic E-state index is 12.6. The summed E-state index contributed by atoms with van der Waals surface area (Å²) in [5.74, 6) is 0.778. The van der Waals surface area contributed by atoms with Gasteiger partial charge in [-0.1, -0.05) is 35.6 Å². The topological polar surface area (TPSA) is 63.0 Å². The molecule has 0 radical (unpaired) electrons. The van der Waals surface area contributed by atoms with Gasteiger partial charge in [0.05, 0.1) is 9.48 Å². The molecule has 31 heavy (non-hydrogen) atoms. The van der Waals surface area contributed by atoms with E-state index in [0.717, 1.165) is 52.6 Å². The Morgan fingerprint density at radius 3 is 2.65 bits per heavy atom. The maximum absolute atomic E-state index is 12.6. The first kappa shape index (κ1) is 21.9. The SMILES string of the molecule is COCn1cc(Br)s/c1=N\c1cccc(CN2CCN(C(=O)c3ccccc3)CC2)n1. The van der Waals surface area contributed by atoms with Crippen molar-refractivity contribution in [3.05, 3.63) is 74.6 Å². The second-order valence-electron chi connectivity index (χ2n) is 7.24. The minimum absolute atomic E-state index is 0.102. The molecule has 4 rings (SSSR count). The average Bonchev–Trinajstić information content (AvgIpc) is 3.13. The lowest BCUT2D eigenvalue weighted by Gasteiger charge is -2.34. The lowest BCUT2D eigenvalue weighted by Crippen LogP contribution is -2.48. The smallest absolute Gasteiger partial charge is 0.253 e. The zero-order valence-electron chi connectivity index (χ0n) is 17.3. The number of carbonyl (C=O) groups excluding carboxylic acids is 1. The highest BCUT2D eigenvalue weighted by molar-refractivity contribution is 9.11. The largest absolute Gasteiger partial charge is 0.364 e. The van der Waals surface area contributed by atoms with Gasteiger partial charge in [0.2, 0.25) is 0 Å². The molecule has 0 atom stereocenters. The molecule has 0 aliphatic carbocycles. The van der Waals surface area contributed by atoms with Gasteiger partial charge in [-0.05, 0) is 40.2 Å². The summed E-state index contributed by atoms with van der Waals surface area (Å²) in [6, 6.07) is 15.4. The van der Waals surface area contributed by atoms with E-state index in [1.165, 1.54) is 11.3 Å². The number of amides is 1. The van der Waals surface area contributed by atoms with Crippen molar-refractivity contribution in [3.63, 3.8) is 0 Å². The number of pyridine rings is 1. The first-order valence-corrected chi connectivity index (χ1v) is 11.7. The van der Waals surface area contributed by atoms with E-state index in [9.17, 15) is 4.79 Å². The van der Waals surface area contributed by atoms with E-state index in [1.807, 2.05) is 64.2 Å². The molecule has 0 saturated carbocycles. The van der Waals surface area contributed by atoms with Crippen LogP contribution in [0.4, 0.5) is 5.82 Å². The van der Waals surface area contributed by atoms with Crippen LogP contribution in [0.15, 0.2) is 63.5 Å². The quantitative estimate of drug-likeness (QED) is 0.518. The molecule has 162 valence electrons. The highest BCUT2D eigenvalue weighted by atomic mass is 79.9. The molecule has 7 nitrogen and oxygen atoms in total. The third-order valence-corrected chi connectivity index (χ3v) is 6.53. The number of benzene rings is 1. The molecule has 3 aromatic rings. The van der Waals surface area contributed by atoms with Gasteiger partial charge in [0.1, 0.15) is 6.73 Å². The number of carbonyl (C=O) groups is 1. The van der Waals surface area contributed by atoms with Crippen LogP contribution in [0.3, 0.4) is 0 Å². The van der Waals surface area contributed by atoms with E-state index in [4.69, 9.17) is 14.7 Å². The molecule has 0 bridgehead atoms. The van der Waals surface area contributed by atoms with Gasteiger partial charge < -0.3 is 9.64 Å². The number of piperazine rings is 1. The summed E-state index contributed by atoms with van der Waals surface area (Å²) in [6.45, 7) is 4.27. The van der Waals surface area contributed by atoms with E-state index in [2.05, 4.69) is 20.8 Å². The Balaban J connectivity index is 1.39. The average molecular weight is 502 g/mol. The summed E-state index contributed by atoms with van der Waals surface area (Å²) in [5, 5.41) is 0. The van der Waals surface area contributed by atoms with Crippen LogP contribution in [0, 0.1) is 0 Å². The third kappa shape index (κ3) is 5.68. The Morgan fingerprint density at radius 2 is 1.90 bits per heavy atom. The molecule has 2 aromatic heterocycles. The Morgan fingerprint density at radius 1 is 1.13 bits per heavy atom. The minimum atomic E-state index is 0.102. The first-order valence-electron chi connectivity index (χ1n) is 10.0. The van der Waals surface area contributed by atoms with Gasteiger partial charge in [0.25, 0.3) is 5.91 Å². The molecule has 3 heterocycles. The van der Waals surface area contributed by atoms with Crippen LogP contribution in [-0.2, 0) is 18.0 Å². The van der Waals surface area contributed by atoms with Crippen LogP contribution in [0.1, 0.15) is 16.1 Å². The van der Waals surface area contributed by atoms with Gasteiger partial charge in [-0.15, -0.1) is 0 Å². The van der Waals surface area contributed by atoms with Crippen LogP contribution < -0.4 is 4.80 Å². The van der Waals surface area contributed by atoms with E-state index in [1.54, 1.807) is 7.11 Å². The van der Waals surface area contributed by atoms with Gasteiger partial charge >= 0.3 is 0 Å². The van der Waals surface area contributed by atoms with Crippen molar-refractivity contribution in [2.45, 2.75) is 13.3 Å². The molecule has 1 amide bonds. The van der Waals surface area contributed by atoms with Gasteiger partial charge in [0.15, 0.2) is 10.6 Å². The molecule has 1 aliphatic heterocycles. The van der Waals surface area contributed by atoms with Crippen LogP contribution in [-0.4, -0.2) is 58.5 Å². The Hall–Kier alpha value is -2.33. The molecule has 1 fully saturated rings. The zero-order valence-corrected chi connectivity index (χ0v) is 19.7. The van der Waals surface area contributed by atoms with E-state index in [-0.39, 0.29) is 5.91 Å². The van der Waals surface area contributed by atoms with Crippen molar-refractivity contribution < 1.29 is 9.53 Å². The van der Waals surface area contributed by atoms with E-state index < -0.39 is 0 Å². The van der Waals surface area contributed by atoms with Crippen molar-refractivity contribution in [1.82, 2.24) is 19.4 Å². The number of halogens is 1. The molecule has 1 saturated heterocycles. The van der Waals surface area contributed by atoms with Crippen LogP contribution >= 0.6 is 27.3 Å². The Kier molecular flexibility index (Phi) is 7.29. The summed E-state index contributed by atoms with van der Waals surface area (Å²) in [7, 11) is 1.66. The molecule has 0 unspecified atom stereocenters. The second-order valence-corrected chi connectivity index (χ2v) is 9.63. The molecular formula is C22H24BrN5O2S. The monoisotopic (exact) mass is 501 g/mol. The predicted octanol–water partition coefficient (Wildman–Crippen LogP) is 3.50. The number of hydrogen-bond acceptors (Lipinski definition) is 6. The van der Waals surface area contributed by atoms with Crippen molar-refractivity contribution in [1.29, 1.82) is 0 Å². The number of thiazole rings is 1. The number of rotatable bonds is 6. The fraction of sp³-hybridized carbons (Fsp3) is 0.318. The highest BCUT2D eigenvalue weighted by Gasteiger charge is 2.22. The summed E-state index contributed by atoms with van der Waals surface area (Å²) in [5.41, 5.74) is 1.72. The van der Waals surface area contributed by atoms with Crippen molar-refractivity contribution >= 4 is 39.0 Å². The molecule has 1 aliphatic rings. The molecule has 1 aromatic carbocycles. The lowest BCUT2D eigenvalue weighted by molar-refractivity contribution is 0.0627. The van der Waals surface area contributed by atoms with Crippen LogP contribution in [0.25, 0.3) is 0 Å². The molecule has 0 spiro atoms. The fourth-order valence-electron chi connectivity index (χ4n) is 3.49. The van der Waals surface area contributed by atoms with Gasteiger partial charge in [-0.3, -0.25) is 14.3 Å². The fourth-order valence-corrected chi connectivity index (χ4v) is 4.88. The van der Waals surface area contributed by atoms with Crippen LogP contribution in [0.5, 0.6) is 0 Å². The number of methoxy groups -OCH3 is 1. The minimum Gasteiger partial charge on any atom is -0.364 e. The maximum Gasteiger partial charge on any atom is 0.253 e. The van der Waals surface area contributed by atoms with E-state index >= 15 is 0 Å². The Bertz CT molecular complexity index is 1090. The number of nitrogens with zero attached hydrogens (tertiary/aromatic N) is 5. The van der Waals surface area contributed by atoms with Crippen molar-refractivity contribution in [2.24, 2.45) is 4.99 Å². The summed E-state index contributed by atoms with van der Waals surface area (Å²) in [4.78, 5) is 27.1. The Labute approximate surface area is 193 Å². The second kappa shape index (κ2) is 10.3. The standard InChI is InChI=1S/C22H24BrN5O2S/c1-30-16-28-15-19(23)31-22(28)25-20-9-5-8-18(24-20)14-26-10-12-27(13-11-26)21(29)17-6-3-2-4-7-17/h2-9,15H,10-14,16H2,1H3/b25-22-. The molecule has 0 N–H and O–H groups in total. The molecule has 9 heteroatoms. The third-order valence-electron chi connectivity index (χ3n) is 5.03. The normalized spacial score (nSPS) is 15.4. The van der Waals surface area contributed by atoms with Gasteiger partial charge in [-0.2, -0.15) is 0 Å². The predicted molar refractivity (Wildman–Crippen MR) is 124 cm³/mol. The summed E-state index contributed by atoms with van der Waals surface area (Å²) >= 11 is 5.04.